The standard InChI is InChI=1S/C13H19N3/c1-9(2)10(3)8-16-12-6-4-5-11(7-14)13(12)15/h4-6,9-10,16H,8,15H2,1-3H3. The van der Waals surface area contributed by atoms with Crippen LogP contribution in [0.15, 0.2) is 18.2 Å². The summed E-state index contributed by atoms with van der Waals surface area (Å²) in [5, 5.41) is 12.1. The van der Waals surface area contributed by atoms with Gasteiger partial charge in [-0.3, -0.25) is 0 Å². The Bertz CT molecular complexity index is 391. The molecule has 0 saturated carbocycles. The number of nitrogen functional groups attached to an aromatic ring is 1. The summed E-state index contributed by atoms with van der Waals surface area (Å²) in [5.74, 6) is 1.21. The Balaban J connectivity index is 2.72. The van der Waals surface area contributed by atoms with Crippen LogP contribution in [0.5, 0.6) is 0 Å². The Morgan fingerprint density at radius 3 is 2.62 bits per heavy atom. The van der Waals surface area contributed by atoms with Crippen LogP contribution in [-0.2, 0) is 0 Å². The van der Waals surface area contributed by atoms with Gasteiger partial charge in [0.2, 0.25) is 0 Å². The predicted molar refractivity (Wildman–Crippen MR) is 68.1 cm³/mol. The topological polar surface area (TPSA) is 61.8 Å². The number of rotatable bonds is 4. The van der Waals surface area contributed by atoms with Crippen molar-refractivity contribution in [1.29, 1.82) is 5.26 Å². The average molecular weight is 217 g/mol. The van der Waals surface area contributed by atoms with Gasteiger partial charge in [-0.25, -0.2) is 0 Å². The second-order valence-corrected chi connectivity index (χ2v) is 4.48. The summed E-state index contributed by atoms with van der Waals surface area (Å²) in [6, 6.07) is 7.56. The Morgan fingerprint density at radius 2 is 2.06 bits per heavy atom. The monoisotopic (exact) mass is 217 g/mol. The zero-order valence-electron chi connectivity index (χ0n) is 10.1. The van der Waals surface area contributed by atoms with Crippen LogP contribution in [0.25, 0.3) is 0 Å². The number of nitrogens with two attached hydrogens (primary N) is 1. The third-order valence-electron chi connectivity index (χ3n) is 2.98. The highest BCUT2D eigenvalue weighted by Crippen LogP contribution is 2.22. The lowest BCUT2D eigenvalue weighted by Crippen LogP contribution is -2.17. The van der Waals surface area contributed by atoms with Crippen molar-refractivity contribution in [3.05, 3.63) is 23.8 Å². The quantitative estimate of drug-likeness (QED) is 0.762. The molecule has 1 rings (SSSR count). The molecule has 1 aromatic rings. The van der Waals surface area contributed by atoms with E-state index >= 15 is 0 Å². The number of nitrogens with zero attached hydrogens (tertiary/aromatic N) is 1. The molecule has 0 fully saturated rings. The van der Waals surface area contributed by atoms with Crippen LogP contribution in [0.1, 0.15) is 26.3 Å². The molecule has 0 amide bonds. The molecular formula is C13H19N3. The fourth-order valence-corrected chi connectivity index (χ4v) is 1.32. The molecule has 3 nitrogen and oxygen atoms in total. The first-order valence-electron chi connectivity index (χ1n) is 5.58. The molecule has 1 unspecified atom stereocenters. The number of hydrogen-bond acceptors (Lipinski definition) is 3. The second kappa shape index (κ2) is 5.41. The summed E-state index contributed by atoms with van der Waals surface area (Å²) >= 11 is 0. The van der Waals surface area contributed by atoms with Gasteiger partial charge in [-0.05, 0) is 24.0 Å². The van der Waals surface area contributed by atoms with Gasteiger partial charge in [0, 0.05) is 6.54 Å². The lowest BCUT2D eigenvalue weighted by Gasteiger charge is -2.18. The van der Waals surface area contributed by atoms with E-state index in [1.807, 2.05) is 12.1 Å². The largest absolute Gasteiger partial charge is 0.396 e. The van der Waals surface area contributed by atoms with Crippen molar-refractivity contribution in [1.82, 2.24) is 0 Å². The van der Waals surface area contributed by atoms with E-state index in [9.17, 15) is 0 Å². The molecule has 0 aliphatic heterocycles. The van der Waals surface area contributed by atoms with Gasteiger partial charge in [0.15, 0.2) is 0 Å². The molecule has 0 aromatic heterocycles. The van der Waals surface area contributed by atoms with Crippen molar-refractivity contribution < 1.29 is 0 Å². The maximum Gasteiger partial charge on any atom is 0.101 e. The van der Waals surface area contributed by atoms with Gasteiger partial charge in [0.1, 0.15) is 6.07 Å². The van der Waals surface area contributed by atoms with Gasteiger partial charge in [0.25, 0.3) is 0 Å². The highest BCUT2D eigenvalue weighted by atomic mass is 14.9. The molecule has 1 aromatic carbocycles. The fourth-order valence-electron chi connectivity index (χ4n) is 1.32. The molecule has 0 saturated heterocycles. The van der Waals surface area contributed by atoms with Crippen molar-refractivity contribution in [3.8, 4) is 6.07 Å². The lowest BCUT2D eigenvalue weighted by atomic mass is 9.98. The minimum atomic E-state index is 0.530. The van der Waals surface area contributed by atoms with Gasteiger partial charge in [-0.15, -0.1) is 0 Å². The molecule has 16 heavy (non-hydrogen) atoms. The van der Waals surface area contributed by atoms with Crippen LogP contribution in [-0.4, -0.2) is 6.54 Å². The zero-order chi connectivity index (χ0) is 12.1. The fraction of sp³-hybridized carbons (Fsp3) is 0.462. The lowest BCUT2D eigenvalue weighted by molar-refractivity contribution is 0.440. The average Bonchev–Trinajstić information content (AvgIpc) is 2.27. The van der Waals surface area contributed by atoms with E-state index in [0.29, 0.717) is 23.1 Å². The first-order chi connectivity index (χ1) is 7.56. The first-order valence-corrected chi connectivity index (χ1v) is 5.58. The minimum Gasteiger partial charge on any atom is -0.396 e. The first kappa shape index (κ1) is 12.4. The second-order valence-electron chi connectivity index (χ2n) is 4.48. The van der Waals surface area contributed by atoms with Gasteiger partial charge in [-0.1, -0.05) is 26.8 Å². The number of nitriles is 1. The summed E-state index contributed by atoms with van der Waals surface area (Å²) in [5.41, 5.74) is 7.80. The van der Waals surface area contributed by atoms with Crippen molar-refractivity contribution >= 4 is 11.4 Å². The molecule has 3 heteroatoms. The molecule has 1 atom stereocenters. The Morgan fingerprint density at radius 1 is 1.38 bits per heavy atom. The summed E-state index contributed by atoms with van der Waals surface area (Å²) in [7, 11) is 0. The van der Waals surface area contributed by atoms with Crippen molar-refractivity contribution in [2.75, 3.05) is 17.6 Å². The van der Waals surface area contributed by atoms with Crippen LogP contribution >= 0.6 is 0 Å². The van der Waals surface area contributed by atoms with E-state index in [2.05, 4.69) is 32.2 Å². The van der Waals surface area contributed by atoms with Crippen molar-refractivity contribution in [2.24, 2.45) is 11.8 Å². The van der Waals surface area contributed by atoms with Gasteiger partial charge >= 0.3 is 0 Å². The maximum atomic E-state index is 8.85. The smallest absolute Gasteiger partial charge is 0.101 e. The molecule has 0 aliphatic carbocycles. The van der Waals surface area contributed by atoms with Crippen LogP contribution in [0.3, 0.4) is 0 Å². The molecular weight excluding hydrogens is 198 g/mol. The van der Waals surface area contributed by atoms with Gasteiger partial charge in [0.05, 0.1) is 16.9 Å². The molecule has 0 radical (unpaired) electrons. The van der Waals surface area contributed by atoms with E-state index in [-0.39, 0.29) is 0 Å². The third kappa shape index (κ3) is 2.90. The van der Waals surface area contributed by atoms with Crippen molar-refractivity contribution in [2.45, 2.75) is 20.8 Å². The molecule has 86 valence electrons. The molecule has 0 aliphatic rings. The summed E-state index contributed by atoms with van der Waals surface area (Å²) in [6.07, 6.45) is 0. The van der Waals surface area contributed by atoms with Crippen LogP contribution < -0.4 is 11.1 Å². The zero-order valence-corrected chi connectivity index (χ0v) is 10.1. The minimum absolute atomic E-state index is 0.530. The normalized spacial score (nSPS) is 12.2. The van der Waals surface area contributed by atoms with Crippen LogP contribution in [0, 0.1) is 23.2 Å². The molecule has 3 N–H and O–H groups in total. The number of para-hydroxylation sites is 1. The van der Waals surface area contributed by atoms with E-state index in [1.54, 1.807) is 6.07 Å². The van der Waals surface area contributed by atoms with Gasteiger partial charge < -0.3 is 11.1 Å². The Kier molecular flexibility index (Phi) is 4.19. The van der Waals surface area contributed by atoms with Crippen LogP contribution in [0.2, 0.25) is 0 Å². The molecule has 0 heterocycles. The highest BCUT2D eigenvalue weighted by Gasteiger charge is 2.08. The Hall–Kier alpha value is -1.69. The number of hydrogen-bond donors (Lipinski definition) is 2. The summed E-state index contributed by atoms with van der Waals surface area (Å²) in [6.45, 7) is 7.46. The van der Waals surface area contributed by atoms with E-state index in [0.717, 1.165) is 12.2 Å². The molecule has 0 spiro atoms. The van der Waals surface area contributed by atoms with Crippen molar-refractivity contribution in [3.63, 3.8) is 0 Å². The highest BCUT2D eigenvalue weighted by molar-refractivity contribution is 5.72. The van der Waals surface area contributed by atoms with E-state index in [4.69, 9.17) is 11.0 Å². The predicted octanol–water partition coefficient (Wildman–Crippen LogP) is 2.84. The number of benzene rings is 1. The van der Waals surface area contributed by atoms with Crippen LogP contribution in [0.4, 0.5) is 11.4 Å². The van der Waals surface area contributed by atoms with E-state index < -0.39 is 0 Å². The van der Waals surface area contributed by atoms with Gasteiger partial charge in [-0.2, -0.15) is 5.26 Å². The third-order valence-corrected chi connectivity index (χ3v) is 2.98. The van der Waals surface area contributed by atoms with E-state index in [1.165, 1.54) is 0 Å². The number of nitrogens with one attached hydrogen (secondary N) is 1. The summed E-state index contributed by atoms with van der Waals surface area (Å²) in [4.78, 5) is 0. The summed E-state index contributed by atoms with van der Waals surface area (Å²) < 4.78 is 0. The maximum absolute atomic E-state index is 8.85. The Labute approximate surface area is 97.3 Å². The SMILES string of the molecule is CC(C)C(C)CNc1cccc(C#N)c1N. The number of anilines is 2. The molecule has 0 bridgehead atoms.